The Morgan fingerprint density at radius 2 is 1.60 bits per heavy atom. The standard InChI is InChI=1S/C21H25N3O/c1-17-3-7-19(8-4-17)22-12-11-21(25)18-5-9-20(10-6-18)24-15-13-23(2)14-16-24/h3-12,22H,13-16H2,1-2H3/b12-11+. The molecular formula is C21H25N3O. The maximum Gasteiger partial charge on any atom is 0.187 e. The molecule has 1 N–H and O–H groups in total. The summed E-state index contributed by atoms with van der Waals surface area (Å²) in [6, 6.07) is 16.0. The fourth-order valence-electron chi connectivity index (χ4n) is 2.86. The zero-order valence-corrected chi connectivity index (χ0v) is 14.9. The highest BCUT2D eigenvalue weighted by molar-refractivity contribution is 6.04. The lowest BCUT2D eigenvalue weighted by Crippen LogP contribution is -2.44. The quantitative estimate of drug-likeness (QED) is 0.669. The van der Waals surface area contributed by atoms with E-state index in [1.54, 1.807) is 12.3 Å². The number of allylic oxidation sites excluding steroid dienone is 1. The topological polar surface area (TPSA) is 35.6 Å². The Hall–Kier alpha value is -2.59. The molecule has 0 radical (unpaired) electrons. The molecule has 0 spiro atoms. The first-order valence-corrected chi connectivity index (χ1v) is 8.69. The molecule has 130 valence electrons. The van der Waals surface area contributed by atoms with E-state index in [4.69, 9.17) is 0 Å². The van der Waals surface area contributed by atoms with Gasteiger partial charge in [-0.2, -0.15) is 0 Å². The molecule has 1 saturated heterocycles. The van der Waals surface area contributed by atoms with Crippen LogP contribution in [0.1, 0.15) is 15.9 Å². The van der Waals surface area contributed by atoms with Crippen molar-refractivity contribution in [2.75, 3.05) is 43.4 Å². The number of carbonyl (C=O) groups excluding carboxylic acids is 1. The molecule has 2 aromatic carbocycles. The van der Waals surface area contributed by atoms with Crippen molar-refractivity contribution in [2.45, 2.75) is 6.92 Å². The molecule has 4 nitrogen and oxygen atoms in total. The van der Waals surface area contributed by atoms with Crippen LogP contribution in [0.5, 0.6) is 0 Å². The van der Waals surface area contributed by atoms with Crippen LogP contribution in [0.3, 0.4) is 0 Å². The molecule has 0 atom stereocenters. The Balaban J connectivity index is 1.57. The second-order valence-corrected chi connectivity index (χ2v) is 6.55. The lowest BCUT2D eigenvalue weighted by atomic mass is 10.1. The number of aryl methyl sites for hydroxylation is 1. The van der Waals surface area contributed by atoms with Crippen LogP contribution in [0, 0.1) is 6.92 Å². The van der Waals surface area contributed by atoms with Gasteiger partial charge in [-0.25, -0.2) is 0 Å². The number of likely N-dealkylation sites (N-methyl/N-ethyl adjacent to an activating group) is 1. The van der Waals surface area contributed by atoms with Crippen LogP contribution in [0.4, 0.5) is 11.4 Å². The summed E-state index contributed by atoms with van der Waals surface area (Å²) < 4.78 is 0. The number of hydrogen-bond acceptors (Lipinski definition) is 4. The van der Waals surface area contributed by atoms with Gasteiger partial charge in [0.25, 0.3) is 0 Å². The normalized spacial score (nSPS) is 15.5. The van der Waals surface area contributed by atoms with Crippen molar-refractivity contribution in [1.29, 1.82) is 0 Å². The van der Waals surface area contributed by atoms with Crippen LogP contribution >= 0.6 is 0 Å². The highest BCUT2D eigenvalue weighted by atomic mass is 16.1. The summed E-state index contributed by atoms with van der Waals surface area (Å²) in [7, 11) is 2.15. The van der Waals surface area contributed by atoms with Gasteiger partial charge in [-0.15, -0.1) is 0 Å². The van der Waals surface area contributed by atoms with Gasteiger partial charge in [-0.3, -0.25) is 4.79 Å². The fraction of sp³-hybridized carbons (Fsp3) is 0.286. The van der Waals surface area contributed by atoms with Crippen LogP contribution in [-0.4, -0.2) is 43.9 Å². The fourth-order valence-corrected chi connectivity index (χ4v) is 2.86. The summed E-state index contributed by atoms with van der Waals surface area (Å²) in [5.41, 5.74) is 4.08. The van der Waals surface area contributed by atoms with Crippen molar-refractivity contribution >= 4 is 17.2 Å². The molecule has 25 heavy (non-hydrogen) atoms. The molecule has 0 bridgehead atoms. The van der Waals surface area contributed by atoms with Gasteiger partial charge in [0, 0.05) is 55.4 Å². The van der Waals surface area contributed by atoms with Crippen LogP contribution in [0.2, 0.25) is 0 Å². The Bertz CT molecular complexity index is 727. The van der Waals surface area contributed by atoms with Crippen molar-refractivity contribution in [3.63, 3.8) is 0 Å². The minimum absolute atomic E-state index is 0.00420. The van der Waals surface area contributed by atoms with E-state index in [1.807, 2.05) is 48.5 Å². The van der Waals surface area contributed by atoms with Gasteiger partial charge >= 0.3 is 0 Å². The zero-order valence-electron chi connectivity index (χ0n) is 14.9. The molecule has 4 heteroatoms. The second-order valence-electron chi connectivity index (χ2n) is 6.55. The van der Waals surface area contributed by atoms with E-state index in [9.17, 15) is 4.79 Å². The number of nitrogens with one attached hydrogen (secondary N) is 1. The van der Waals surface area contributed by atoms with Gasteiger partial charge in [0.05, 0.1) is 0 Å². The van der Waals surface area contributed by atoms with Crippen molar-refractivity contribution in [3.8, 4) is 0 Å². The molecule has 1 fully saturated rings. The third kappa shape index (κ3) is 4.70. The van der Waals surface area contributed by atoms with Crippen molar-refractivity contribution in [2.24, 2.45) is 0 Å². The van der Waals surface area contributed by atoms with Gasteiger partial charge in [-0.1, -0.05) is 17.7 Å². The summed E-state index contributed by atoms with van der Waals surface area (Å²) in [6.07, 6.45) is 3.27. The minimum Gasteiger partial charge on any atom is -0.369 e. The average Bonchev–Trinajstić information content (AvgIpc) is 2.64. The number of benzene rings is 2. The highest BCUT2D eigenvalue weighted by Crippen LogP contribution is 2.17. The van der Waals surface area contributed by atoms with Crippen LogP contribution < -0.4 is 10.2 Å². The van der Waals surface area contributed by atoms with Gasteiger partial charge in [-0.05, 0) is 50.4 Å². The summed E-state index contributed by atoms with van der Waals surface area (Å²) in [5.74, 6) is 0.00420. The molecular weight excluding hydrogens is 310 g/mol. The summed E-state index contributed by atoms with van der Waals surface area (Å²) in [4.78, 5) is 17.0. The van der Waals surface area contributed by atoms with E-state index >= 15 is 0 Å². The Morgan fingerprint density at radius 1 is 0.960 bits per heavy atom. The maximum absolute atomic E-state index is 12.3. The van der Waals surface area contributed by atoms with Crippen molar-refractivity contribution in [3.05, 3.63) is 71.9 Å². The largest absolute Gasteiger partial charge is 0.369 e. The van der Waals surface area contributed by atoms with Gasteiger partial charge in [0.1, 0.15) is 0 Å². The summed E-state index contributed by atoms with van der Waals surface area (Å²) in [6.45, 7) is 6.27. The monoisotopic (exact) mass is 335 g/mol. The van der Waals surface area contributed by atoms with E-state index in [0.29, 0.717) is 5.56 Å². The molecule has 0 saturated carbocycles. The highest BCUT2D eigenvalue weighted by Gasteiger charge is 2.14. The zero-order chi connectivity index (χ0) is 17.6. The first kappa shape index (κ1) is 17.2. The molecule has 0 amide bonds. The van der Waals surface area contributed by atoms with Crippen LogP contribution in [0.15, 0.2) is 60.8 Å². The molecule has 0 unspecified atom stereocenters. The number of carbonyl (C=O) groups is 1. The third-order valence-corrected chi connectivity index (χ3v) is 4.56. The summed E-state index contributed by atoms with van der Waals surface area (Å²) >= 11 is 0. The lowest BCUT2D eigenvalue weighted by Gasteiger charge is -2.34. The SMILES string of the molecule is Cc1ccc(N/C=C/C(=O)c2ccc(N3CCN(C)CC3)cc2)cc1. The average molecular weight is 335 g/mol. The van der Waals surface area contributed by atoms with Crippen molar-refractivity contribution < 1.29 is 4.79 Å². The number of piperazine rings is 1. The molecule has 3 rings (SSSR count). The predicted octanol–water partition coefficient (Wildman–Crippen LogP) is 3.56. The molecule has 1 aliphatic rings. The first-order chi connectivity index (χ1) is 12.1. The molecule has 1 aliphatic heterocycles. The number of anilines is 2. The van der Waals surface area contributed by atoms with E-state index < -0.39 is 0 Å². The van der Waals surface area contributed by atoms with E-state index in [2.05, 4.69) is 29.1 Å². The predicted molar refractivity (Wildman–Crippen MR) is 104 cm³/mol. The van der Waals surface area contributed by atoms with Gasteiger partial charge < -0.3 is 15.1 Å². The van der Waals surface area contributed by atoms with Crippen LogP contribution in [-0.2, 0) is 0 Å². The molecule has 1 heterocycles. The number of nitrogens with zero attached hydrogens (tertiary/aromatic N) is 2. The molecule has 0 aliphatic carbocycles. The Morgan fingerprint density at radius 3 is 2.24 bits per heavy atom. The summed E-state index contributed by atoms with van der Waals surface area (Å²) in [5, 5.41) is 3.13. The molecule has 2 aromatic rings. The van der Waals surface area contributed by atoms with Crippen molar-refractivity contribution in [1.82, 2.24) is 4.90 Å². The number of ketones is 1. The van der Waals surface area contributed by atoms with E-state index in [-0.39, 0.29) is 5.78 Å². The Labute approximate surface area is 149 Å². The number of hydrogen-bond donors (Lipinski definition) is 1. The smallest absolute Gasteiger partial charge is 0.187 e. The van der Waals surface area contributed by atoms with E-state index in [1.165, 1.54) is 11.3 Å². The number of rotatable bonds is 5. The third-order valence-electron chi connectivity index (χ3n) is 4.56. The first-order valence-electron chi connectivity index (χ1n) is 8.69. The maximum atomic E-state index is 12.3. The lowest BCUT2D eigenvalue weighted by molar-refractivity contribution is 0.104. The van der Waals surface area contributed by atoms with Gasteiger partial charge in [0.15, 0.2) is 5.78 Å². The Kier molecular flexibility index (Phi) is 5.51. The van der Waals surface area contributed by atoms with E-state index in [0.717, 1.165) is 31.9 Å². The van der Waals surface area contributed by atoms with Gasteiger partial charge in [0.2, 0.25) is 0 Å². The van der Waals surface area contributed by atoms with Crippen LogP contribution in [0.25, 0.3) is 0 Å². The molecule has 0 aromatic heterocycles. The minimum atomic E-state index is 0.00420. The second kappa shape index (κ2) is 7.99.